The van der Waals surface area contributed by atoms with Gasteiger partial charge in [-0.25, -0.2) is 0 Å². The van der Waals surface area contributed by atoms with Crippen LogP contribution in [0.15, 0.2) is 24.3 Å². The van der Waals surface area contributed by atoms with Gasteiger partial charge in [-0.15, -0.1) is 0 Å². The van der Waals surface area contributed by atoms with E-state index in [1.54, 1.807) is 0 Å². The van der Waals surface area contributed by atoms with E-state index >= 15 is 0 Å². The molecule has 1 saturated heterocycles. The van der Waals surface area contributed by atoms with Crippen molar-refractivity contribution in [1.29, 1.82) is 0 Å². The van der Waals surface area contributed by atoms with Gasteiger partial charge in [0, 0.05) is 19.0 Å². The van der Waals surface area contributed by atoms with Crippen LogP contribution in [0.5, 0.6) is 5.75 Å². The number of benzene rings is 1. The van der Waals surface area contributed by atoms with E-state index in [1.807, 2.05) is 43.0 Å². The maximum Gasteiger partial charge on any atom is 0.223 e. The number of nitrogens with two attached hydrogens (primary N) is 1. The third-order valence-electron chi connectivity index (χ3n) is 4.49. The molecule has 1 aliphatic rings. The van der Waals surface area contributed by atoms with Gasteiger partial charge in [0.05, 0.1) is 12.5 Å². The van der Waals surface area contributed by atoms with Crippen molar-refractivity contribution >= 4 is 11.8 Å². The number of amides is 2. The predicted molar refractivity (Wildman–Crippen MR) is 89.0 cm³/mol. The van der Waals surface area contributed by atoms with Crippen LogP contribution in [0, 0.1) is 5.92 Å². The number of aryl methyl sites for hydroxylation is 1. The molecule has 2 atom stereocenters. The van der Waals surface area contributed by atoms with Crippen molar-refractivity contribution in [1.82, 2.24) is 4.90 Å². The molecule has 0 unspecified atom stereocenters. The maximum atomic E-state index is 12.6. The minimum atomic E-state index is -0.309. The van der Waals surface area contributed by atoms with E-state index in [0.29, 0.717) is 26.0 Å². The van der Waals surface area contributed by atoms with E-state index in [4.69, 9.17) is 10.5 Å². The highest BCUT2D eigenvalue weighted by molar-refractivity contribution is 5.80. The Balaban J connectivity index is 1.97. The molecule has 126 valence electrons. The fraction of sp³-hybridized carbons (Fsp3) is 0.556. The minimum absolute atomic E-state index is 0.0785. The normalized spacial score (nSPS) is 21.0. The lowest BCUT2D eigenvalue weighted by Gasteiger charge is -2.37. The highest BCUT2D eigenvalue weighted by Gasteiger charge is 2.31. The third kappa shape index (κ3) is 4.47. The van der Waals surface area contributed by atoms with Gasteiger partial charge >= 0.3 is 0 Å². The summed E-state index contributed by atoms with van der Waals surface area (Å²) < 4.78 is 5.60. The second-order valence-electron chi connectivity index (χ2n) is 6.11. The minimum Gasteiger partial charge on any atom is -0.494 e. The molecule has 0 bridgehead atoms. The molecule has 1 heterocycles. The second kappa shape index (κ2) is 7.99. The Kier molecular flexibility index (Phi) is 6.02. The number of carbonyl (C=O) groups excluding carboxylic acids is 2. The van der Waals surface area contributed by atoms with Crippen molar-refractivity contribution < 1.29 is 14.3 Å². The first kappa shape index (κ1) is 17.3. The molecule has 2 N–H and O–H groups in total. The molecule has 5 heteroatoms. The fourth-order valence-electron chi connectivity index (χ4n) is 3.08. The van der Waals surface area contributed by atoms with Crippen LogP contribution in [0.3, 0.4) is 0 Å². The number of ether oxygens (including phenoxy) is 1. The molecule has 1 fully saturated rings. The number of carbonyl (C=O) groups is 2. The van der Waals surface area contributed by atoms with Crippen LogP contribution in [0.1, 0.15) is 38.7 Å². The van der Waals surface area contributed by atoms with Gasteiger partial charge in [0.1, 0.15) is 5.75 Å². The molecule has 0 radical (unpaired) electrons. The van der Waals surface area contributed by atoms with Gasteiger partial charge < -0.3 is 15.4 Å². The fourth-order valence-corrected chi connectivity index (χ4v) is 3.08. The van der Waals surface area contributed by atoms with Crippen molar-refractivity contribution in [3.8, 4) is 5.75 Å². The summed E-state index contributed by atoms with van der Waals surface area (Å²) in [4.78, 5) is 25.8. The lowest BCUT2D eigenvalue weighted by Crippen LogP contribution is -2.48. The molecule has 5 nitrogen and oxygen atoms in total. The third-order valence-corrected chi connectivity index (χ3v) is 4.49. The Morgan fingerprint density at radius 1 is 1.30 bits per heavy atom. The largest absolute Gasteiger partial charge is 0.494 e. The molecular formula is C18H26N2O3. The van der Waals surface area contributed by atoms with Crippen LogP contribution in [0.2, 0.25) is 0 Å². The van der Waals surface area contributed by atoms with Crippen molar-refractivity contribution in [3.05, 3.63) is 29.8 Å². The maximum absolute atomic E-state index is 12.6. The highest BCUT2D eigenvalue weighted by atomic mass is 16.5. The summed E-state index contributed by atoms with van der Waals surface area (Å²) in [6.45, 7) is 5.03. The van der Waals surface area contributed by atoms with Gasteiger partial charge in [-0.05, 0) is 44.7 Å². The number of likely N-dealkylation sites (tertiary alicyclic amines) is 1. The summed E-state index contributed by atoms with van der Waals surface area (Å²) in [5, 5.41) is 0. The standard InChI is InChI=1S/C18H26N2O3/c1-3-23-16-7-5-4-6-14(16)10-11-17(21)20-12-15(18(19)22)9-8-13(20)2/h4-7,13,15H,3,8-12H2,1-2H3,(H2,19,22)/t13-,15-/m1/s1. The van der Waals surface area contributed by atoms with Crippen molar-refractivity contribution in [2.24, 2.45) is 11.7 Å². The Morgan fingerprint density at radius 3 is 2.74 bits per heavy atom. The van der Waals surface area contributed by atoms with Crippen LogP contribution < -0.4 is 10.5 Å². The van der Waals surface area contributed by atoms with Crippen LogP contribution in [0.25, 0.3) is 0 Å². The first-order chi connectivity index (χ1) is 11.0. The lowest BCUT2D eigenvalue weighted by molar-refractivity contribution is -0.137. The topological polar surface area (TPSA) is 72.6 Å². The molecular weight excluding hydrogens is 292 g/mol. The van der Waals surface area contributed by atoms with E-state index in [0.717, 1.165) is 24.2 Å². The van der Waals surface area contributed by atoms with Crippen LogP contribution in [-0.4, -0.2) is 35.9 Å². The highest BCUT2D eigenvalue weighted by Crippen LogP contribution is 2.24. The zero-order valence-electron chi connectivity index (χ0n) is 14.0. The van der Waals surface area contributed by atoms with Crippen LogP contribution >= 0.6 is 0 Å². The van der Waals surface area contributed by atoms with Crippen LogP contribution in [0.4, 0.5) is 0 Å². The molecule has 0 spiro atoms. The molecule has 1 aromatic carbocycles. The summed E-state index contributed by atoms with van der Waals surface area (Å²) >= 11 is 0. The zero-order valence-corrected chi connectivity index (χ0v) is 14.0. The number of primary amides is 1. The summed E-state index contributed by atoms with van der Waals surface area (Å²) in [7, 11) is 0. The predicted octanol–water partition coefficient (Wildman–Crippen LogP) is 2.13. The van der Waals surface area contributed by atoms with Crippen molar-refractivity contribution in [2.45, 2.75) is 45.6 Å². The van der Waals surface area contributed by atoms with E-state index in [-0.39, 0.29) is 23.8 Å². The quantitative estimate of drug-likeness (QED) is 0.873. The van der Waals surface area contributed by atoms with Gasteiger partial charge in [-0.3, -0.25) is 9.59 Å². The zero-order chi connectivity index (χ0) is 16.8. The van der Waals surface area contributed by atoms with Gasteiger partial charge in [-0.1, -0.05) is 18.2 Å². The number of hydrogen-bond acceptors (Lipinski definition) is 3. The van der Waals surface area contributed by atoms with Crippen molar-refractivity contribution in [2.75, 3.05) is 13.2 Å². The van der Waals surface area contributed by atoms with Gasteiger partial charge in [0.25, 0.3) is 0 Å². The van der Waals surface area contributed by atoms with E-state index in [9.17, 15) is 9.59 Å². The summed E-state index contributed by atoms with van der Waals surface area (Å²) in [6, 6.07) is 7.97. The summed E-state index contributed by atoms with van der Waals surface area (Å²) in [6.07, 6.45) is 2.65. The Bertz CT molecular complexity index is 559. The van der Waals surface area contributed by atoms with E-state index in [1.165, 1.54) is 0 Å². The van der Waals surface area contributed by atoms with E-state index < -0.39 is 0 Å². The van der Waals surface area contributed by atoms with Crippen molar-refractivity contribution in [3.63, 3.8) is 0 Å². The molecule has 23 heavy (non-hydrogen) atoms. The van der Waals surface area contributed by atoms with Gasteiger partial charge in [0.15, 0.2) is 0 Å². The number of hydrogen-bond donors (Lipinski definition) is 1. The molecule has 0 aliphatic carbocycles. The Morgan fingerprint density at radius 2 is 2.04 bits per heavy atom. The molecule has 1 aromatic rings. The Hall–Kier alpha value is -2.04. The smallest absolute Gasteiger partial charge is 0.223 e. The number of nitrogens with zero attached hydrogens (tertiary/aromatic N) is 1. The molecule has 0 aromatic heterocycles. The van der Waals surface area contributed by atoms with E-state index in [2.05, 4.69) is 0 Å². The molecule has 2 amide bonds. The second-order valence-corrected chi connectivity index (χ2v) is 6.11. The lowest BCUT2D eigenvalue weighted by atomic mass is 9.92. The monoisotopic (exact) mass is 318 g/mol. The van der Waals surface area contributed by atoms with Gasteiger partial charge in [-0.2, -0.15) is 0 Å². The number of para-hydroxylation sites is 1. The first-order valence-corrected chi connectivity index (χ1v) is 8.32. The number of rotatable bonds is 6. The summed E-state index contributed by atoms with van der Waals surface area (Å²) in [5.74, 6) is 0.390. The number of piperidine rings is 1. The van der Waals surface area contributed by atoms with Crippen LogP contribution in [-0.2, 0) is 16.0 Å². The average molecular weight is 318 g/mol. The molecule has 2 rings (SSSR count). The summed E-state index contributed by atoms with van der Waals surface area (Å²) in [5.41, 5.74) is 6.44. The SMILES string of the molecule is CCOc1ccccc1CCC(=O)N1C[C@H](C(N)=O)CC[C@H]1C. The Labute approximate surface area is 137 Å². The first-order valence-electron chi connectivity index (χ1n) is 8.32. The molecule has 0 saturated carbocycles. The average Bonchev–Trinajstić information content (AvgIpc) is 2.54. The van der Waals surface area contributed by atoms with Gasteiger partial charge in [0.2, 0.25) is 11.8 Å². The molecule has 1 aliphatic heterocycles.